The van der Waals surface area contributed by atoms with Crippen molar-refractivity contribution in [3.63, 3.8) is 0 Å². The second kappa shape index (κ2) is 7.11. The van der Waals surface area contributed by atoms with Gasteiger partial charge in [-0.2, -0.15) is 0 Å². The zero-order valence-electron chi connectivity index (χ0n) is 11.0. The first-order valence-corrected chi connectivity index (χ1v) is 6.59. The summed E-state index contributed by atoms with van der Waals surface area (Å²) in [6.45, 7) is 4.96. The quantitative estimate of drug-likeness (QED) is 0.807. The van der Waals surface area contributed by atoms with Gasteiger partial charge in [0, 0.05) is 26.2 Å². The first-order valence-electron chi connectivity index (χ1n) is 6.59. The molecule has 5 nitrogen and oxygen atoms in total. The van der Waals surface area contributed by atoms with Gasteiger partial charge in [0.1, 0.15) is 5.75 Å². The van der Waals surface area contributed by atoms with Crippen molar-refractivity contribution in [3.05, 3.63) is 29.8 Å². The Balaban J connectivity index is 1.65. The Morgan fingerprint density at radius 2 is 1.95 bits per heavy atom. The SMILES string of the molecule is O=C(Cc1ccc(O)cc1)NCCN1CCOCC1. The van der Waals surface area contributed by atoms with Crippen LogP contribution in [0, 0.1) is 0 Å². The maximum absolute atomic E-state index is 11.7. The topological polar surface area (TPSA) is 61.8 Å². The van der Waals surface area contributed by atoms with Crippen molar-refractivity contribution in [1.82, 2.24) is 10.2 Å². The third kappa shape index (κ3) is 4.89. The van der Waals surface area contributed by atoms with Crippen molar-refractivity contribution in [2.45, 2.75) is 6.42 Å². The predicted molar refractivity (Wildman–Crippen MR) is 72.1 cm³/mol. The summed E-state index contributed by atoms with van der Waals surface area (Å²) in [4.78, 5) is 14.0. The van der Waals surface area contributed by atoms with Crippen molar-refractivity contribution in [2.75, 3.05) is 39.4 Å². The number of phenols is 1. The molecule has 1 aliphatic rings. The second-order valence-corrected chi connectivity index (χ2v) is 4.65. The van der Waals surface area contributed by atoms with Gasteiger partial charge in [0.25, 0.3) is 0 Å². The van der Waals surface area contributed by atoms with Crippen molar-refractivity contribution >= 4 is 5.91 Å². The van der Waals surface area contributed by atoms with E-state index >= 15 is 0 Å². The van der Waals surface area contributed by atoms with Gasteiger partial charge in [0.05, 0.1) is 19.6 Å². The van der Waals surface area contributed by atoms with Gasteiger partial charge < -0.3 is 15.2 Å². The second-order valence-electron chi connectivity index (χ2n) is 4.65. The van der Waals surface area contributed by atoms with Gasteiger partial charge >= 0.3 is 0 Å². The average Bonchev–Trinajstić information content (AvgIpc) is 2.43. The Kier molecular flexibility index (Phi) is 5.18. The van der Waals surface area contributed by atoms with E-state index in [-0.39, 0.29) is 11.7 Å². The lowest BCUT2D eigenvalue weighted by molar-refractivity contribution is -0.120. The van der Waals surface area contributed by atoms with Crippen LogP contribution in [0.25, 0.3) is 0 Å². The van der Waals surface area contributed by atoms with Gasteiger partial charge in [-0.05, 0) is 17.7 Å². The summed E-state index contributed by atoms with van der Waals surface area (Å²) >= 11 is 0. The van der Waals surface area contributed by atoms with Gasteiger partial charge in [0.2, 0.25) is 5.91 Å². The fourth-order valence-electron chi connectivity index (χ4n) is 2.04. The number of nitrogens with one attached hydrogen (secondary N) is 1. The number of aromatic hydroxyl groups is 1. The van der Waals surface area contributed by atoms with E-state index in [1.54, 1.807) is 24.3 Å². The van der Waals surface area contributed by atoms with Crippen LogP contribution >= 0.6 is 0 Å². The van der Waals surface area contributed by atoms with Gasteiger partial charge in [-0.1, -0.05) is 12.1 Å². The van der Waals surface area contributed by atoms with Crippen LogP contribution < -0.4 is 5.32 Å². The van der Waals surface area contributed by atoms with Crippen LogP contribution in [-0.2, 0) is 16.0 Å². The summed E-state index contributed by atoms with van der Waals surface area (Å²) in [7, 11) is 0. The number of amides is 1. The van der Waals surface area contributed by atoms with Crippen LogP contribution in [0.3, 0.4) is 0 Å². The number of benzene rings is 1. The third-order valence-electron chi connectivity index (χ3n) is 3.15. The van der Waals surface area contributed by atoms with E-state index in [2.05, 4.69) is 10.2 Å². The number of phenolic OH excluding ortho intramolecular Hbond substituents is 1. The summed E-state index contributed by atoms with van der Waals surface area (Å²) in [5.41, 5.74) is 0.904. The van der Waals surface area contributed by atoms with E-state index < -0.39 is 0 Å². The number of carbonyl (C=O) groups is 1. The summed E-state index contributed by atoms with van der Waals surface area (Å²) in [5, 5.41) is 12.1. The molecule has 0 spiro atoms. The monoisotopic (exact) mass is 264 g/mol. The molecule has 2 N–H and O–H groups in total. The molecule has 0 unspecified atom stereocenters. The maximum Gasteiger partial charge on any atom is 0.224 e. The van der Waals surface area contributed by atoms with Crippen LogP contribution in [0.15, 0.2) is 24.3 Å². The highest BCUT2D eigenvalue weighted by atomic mass is 16.5. The zero-order valence-corrected chi connectivity index (χ0v) is 11.0. The highest BCUT2D eigenvalue weighted by Gasteiger charge is 2.10. The Morgan fingerprint density at radius 1 is 1.26 bits per heavy atom. The summed E-state index contributed by atoms with van der Waals surface area (Å²) in [6.07, 6.45) is 0.351. The van der Waals surface area contributed by atoms with Crippen molar-refractivity contribution in [3.8, 4) is 5.75 Å². The molecular weight excluding hydrogens is 244 g/mol. The van der Waals surface area contributed by atoms with Crippen LogP contribution in [0.2, 0.25) is 0 Å². The molecule has 2 rings (SSSR count). The Bertz CT molecular complexity index is 400. The molecule has 0 aromatic heterocycles. The molecule has 1 aromatic carbocycles. The molecule has 0 bridgehead atoms. The Hall–Kier alpha value is -1.59. The molecule has 1 fully saturated rings. The molecule has 1 aliphatic heterocycles. The summed E-state index contributed by atoms with van der Waals surface area (Å²) < 4.78 is 5.27. The lowest BCUT2D eigenvalue weighted by Crippen LogP contribution is -2.41. The normalized spacial score (nSPS) is 16.2. The molecular formula is C14H20N2O3. The van der Waals surface area contributed by atoms with Gasteiger partial charge in [-0.25, -0.2) is 0 Å². The number of ether oxygens (including phenoxy) is 1. The molecule has 1 heterocycles. The van der Waals surface area contributed by atoms with E-state index in [9.17, 15) is 4.79 Å². The van der Waals surface area contributed by atoms with E-state index in [4.69, 9.17) is 9.84 Å². The molecule has 1 aromatic rings. The van der Waals surface area contributed by atoms with Crippen LogP contribution in [0.5, 0.6) is 5.75 Å². The Labute approximate surface area is 113 Å². The summed E-state index contributed by atoms with van der Waals surface area (Å²) in [5.74, 6) is 0.232. The fraction of sp³-hybridized carbons (Fsp3) is 0.500. The number of hydrogen-bond donors (Lipinski definition) is 2. The van der Waals surface area contributed by atoms with Gasteiger partial charge in [-0.15, -0.1) is 0 Å². The molecule has 19 heavy (non-hydrogen) atoms. The average molecular weight is 264 g/mol. The van der Waals surface area contributed by atoms with Crippen molar-refractivity contribution in [2.24, 2.45) is 0 Å². The zero-order chi connectivity index (χ0) is 13.5. The predicted octanol–water partition coefficient (Wildman–Crippen LogP) is 0.383. The molecule has 0 radical (unpaired) electrons. The van der Waals surface area contributed by atoms with Crippen molar-refractivity contribution < 1.29 is 14.6 Å². The maximum atomic E-state index is 11.7. The number of carbonyl (C=O) groups excluding carboxylic acids is 1. The van der Waals surface area contributed by atoms with Crippen LogP contribution in [0.1, 0.15) is 5.56 Å². The highest BCUT2D eigenvalue weighted by molar-refractivity contribution is 5.78. The number of hydrogen-bond acceptors (Lipinski definition) is 4. The smallest absolute Gasteiger partial charge is 0.224 e. The first kappa shape index (κ1) is 13.8. The minimum Gasteiger partial charge on any atom is -0.508 e. The van der Waals surface area contributed by atoms with E-state index in [1.165, 1.54) is 0 Å². The first-order chi connectivity index (χ1) is 9.24. The van der Waals surface area contributed by atoms with E-state index in [1.807, 2.05) is 0 Å². The van der Waals surface area contributed by atoms with Crippen LogP contribution in [0.4, 0.5) is 0 Å². The molecule has 5 heteroatoms. The molecule has 0 saturated carbocycles. The summed E-state index contributed by atoms with van der Waals surface area (Å²) in [6, 6.07) is 6.71. The van der Waals surface area contributed by atoms with Gasteiger partial charge in [0.15, 0.2) is 0 Å². The number of nitrogens with zero attached hydrogens (tertiary/aromatic N) is 1. The largest absolute Gasteiger partial charge is 0.508 e. The lowest BCUT2D eigenvalue weighted by atomic mass is 10.1. The third-order valence-corrected chi connectivity index (χ3v) is 3.15. The number of morpholine rings is 1. The lowest BCUT2D eigenvalue weighted by Gasteiger charge is -2.26. The number of rotatable bonds is 5. The van der Waals surface area contributed by atoms with Crippen LogP contribution in [-0.4, -0.2) is 55.3 Å². The molecule has 0 atom stereocenters. The fourth-order valence-corrected chi connectivity index (χ4v) is 2.04. The molecule has 0 aliphatic carbocycles. The molecule has 1 amide bonds. The van der Waals surface area contributed by atoms with Crippen molar-refractivity contribution in [1.29, 1.82) is 0 Å². The van der Waals surface area contributed by atoms with E-state index in [0.29, 0.717) is 13.0 Å². The van der Waals surface area contributed by atoms with E-state index in [0.717, 1.165) is 38.4 Å². The highest BCUT2D eigenvalue weighted by Crippen LogP contribution is 2.09. The minimum absolute atomic E-state index is 0.0129. The molecule has 104 valence electrons. The minimum atomic E-state index is 0.0129. The molecule has 1 saturated heterocycles. The Morgan fingerprint density at radius 3 is 2.63 bits per heavy atom. The van der Waals surface area contributed by atoms with Gasteiger partial charge in [-0.3, -0.25) is 9.69 Å². The standard InChI is InChI=1S/C14H20N2O3/c17-13-3-1-12(2-4-13)11-14(18)15-5-6-16-7-9-19-10-8-16/h1-4,17H,5-11H2,(H,15,18).